The number of amides is 2. The molecule has 1 aromatic carbocycles. The summed E-state index contributed by atoms with van der Waals surface area (Å²) >= 11 is 0. The van der Waals surface area contributed by atoms with Crippen molar-refractivity contribution in [1.29, 1.82) is 0 Å². The molecule has 2 rings (SSSR count). The first-order valence-corrected chi connectivity index (χ1v) is 8.31. The predicted molar refractivity (Wildman–Crippen MR) is 85.4 cm³/mol. The fraction of sp³-hybridized carbons (Fsp3) is 0.385. The molecule has 0 aromatic heterocycles. The monoisotopic (exact) mass is 347 g/mol. The van der Waals surface area contributed by atoms with Crippen LogP contribution in [0, 0.1) is 0 Å². The Labute approximate surface area is 135 Å². The van der Waals surface area contributed by atoms with Crippen molar-refractivity contribution in [2.75, 3.05) is 11.6 Å². The molecule has 0 spiro atoms. The average Bonchev–Trinajstić information content (AvgIpc) is 2.34. The van der Waals surface area contributed by atoms with Crippen LogP contribution in [0.2, 0.25) is 0 Å². The van der Waals surface area contributed by atoms with Crippen LogP contribution in [-0.2, 0) is 14.8 Å². The highest BCUT2D eigenvalue weighted by atomic mass is 35.5. The van der Waals surface area contributed by atoms with Crippen molar-refractivity contribution in [2.24, 2.45) is 5.73 Å². The summed E-state index contributed by atoms with van der Waals surface area (Å²) in [6.45, 7) is 0. The second-order valence-electron chi connectivity index (χ2n) is 5.24. The van der Waals surface area contributed by atoms with Crippen LogP contribution in [0.1, 0.15) is 29.6 Å². The van der Waals surface area contributed by atoms with Crippen molar-refractivity contribution in [3.63, 3.8) is 0 Å². The molecule has 0 unspecified atom stereocenters. The molecule has 0 heterocycles. The predicted octanol–water partition coefficient (Wildman–Crippen LogP) is 0.618. The van der Waals surface area contributed by atoms with Crippen LogP contribution in [-0.4, -0.2) is 32.0 Å². The molecule has 1 aromatic rings. The molecule has 4 N–H and O–H groups in total. The number of halogens is 1. The molecule has 9 heteroatoms. The highest BCUT2D eigenvalue weighted by Crippen LogP contribution is 2.30. The minimum Gasteiger partial charge on any atom is -0.324 e. The van der Waals surface area contributed by atoms with Gasteiger partial charge in [-0.15, -0.1) is 12.4 Å². The number of benzene rings is 1. The van der Waals surface area contributed by atoms with Crippen molar-refractivity contribution < 1.29 is 18.0 Å². The maximum Gasteiger partial charge on any atom is 0.264 e. The Morgan fingerprint density at radius 1 is 1.18 bits per heavy atom. The van der Waals surface area contributed by atoms with Gasteiger partial charge in [-0.25, -0.2) is 13.1 Å². The molecule has 1 saturated carbocycles. The highest BCUT2D eigenvalue weighted by molar-refractivity contribution is 7.89. The molecular formula is C13H18ClN3O4S. The van der Waals surface area contributed by atoms with Gasteiger partial charge in [0.1, 0.15) is 0 Å². The molecule has 0 bridgehead atoms. The van der Waals surface area contributed by atoms with Crippen LogP contribution in [0.3, 0.4) is 0 Å². The number of carbonyl (C=O) groups is 2. The zero-order chi connectivity index (χ0) is 15.7. The number of sulfonamides is 1. The van der Waals surface area contributed by atoms with Gasteiger partial charge in [0.2, 0.25) is 15.9 Å². The maximum atomic E-state index is 11.9. The summed E-state index contributed by atoms with van der Waals surface area (Å²) < 4.78 is 23.8. The fourth-order valence-electron chi connectivity index (χ4n) is 1.97. The van der Waals surface area contributed by atoms with Crippen LogP contribution in [0.4, 0.5) is 5.69 Å². The van der Waals surface area contributed by atoms with Gasteiger partial charge >= 0.3 is 0 Å². The number of carbonyl (C=O) groups excluding carboxylic acids is 2. The van der Waals surface area contributed by atoms with Crippen molar-refractivity contribution in [2.45, 2.75) is 24.8 Å². The van der Waals surface area contributed by atoms with E-state index < -0.39 is 21.5 Å². The van der Waals surface area contributed by atoms with E-state index in [1.165, 1.54) is 24.3 Å². The zero-order valence-corrected chi connectivity index (χ0v) is 13.6. The number of hydrogen-bond acceptors (Lipinski definition) is 5. The van der Waals surface area contributed by atoms with Gasteiger partial charge in [-0.2, -0.15) is 0 Å². The number of nitrogens with two attached hydrogens (primary N) is 1. The normalized spacial score (nSPS) is 15.9. The van der Waals surface area contributed by atoms with Gasteiger partial charge in [0, 0.05) is 11.3 Å². The molecule has 1 aliphatic rings. The minimum absolute atomic E-state index is 0. The molecule has 7 nitrogen and oxygen atoms in total. The van der Waals surface area contributed by atoms with Gasteiger partial charge in [-0.3, -0.25) is 9.59 Å². The van der Waals surface area contributed by atoms with E-state index in [0.29, 0.717) is 18.5 Å². The van der Waals surface area contributed by atoms with Crippen LogP contribution < -0.4 is 15.8 Å². The lowest BCUT2D eigenvalue weighted by atomic mass is 9.77. The van der Waals surface area contributed by atoms with Gasteiger partial charge in [0.05, 0.1) is 11.8 Å². The molecule has 2 amide bonds. The van der Waals surface area contributed by atoms with Crippen LogP contribution >= 0.6 is 12.4 Å². The van der Waals surface area contributed by atoms with Crippen molar-refractivity contribution in [3.8, 4) is 0 Å². The maximum absolute atomic E-state index is 11.9. The first-order valence-electron chi connectivity index (χ1n) is 6.42. The van der Waals surface area contributed by atoms with Crippen LogP contribution in [0.25, 0.3) is 0 Å². The molecule has 1 aliphatic carbocycles. The van der Waals surface area contributed by atoms with E-state index in [4.69, 9.17) is 5.73 Å². The van der Waals surface area contributed by atoms with Crippen molar-refractivity contribution >= 4 is 39.9 Å². The first-order chi connectivity index (χ1) is 9.70. The number of anilines is 1. The summed E-state index contributed by atoms with van der Waals surface area (Å²) in [5, 5.41) is 2.68. The van der Waals surface area contributed by atoms with E-state index >= 15 is 0 Å². The molecule has 1 fully saturated rings. The summed E-state index contributed by atoms with van der Waals surface area (Å²) in [5.41, 5.74) is 5.79. The Bertz CT molecular complexity index is 669. The average molecular weight is 348 g/mol. The molecule has 0 saturated heterocycles. The molecule has 0 radical (unpaired) electrons. The topological polar surface area (TPSA) is 118 Å². The van der Waals surface area contributed by atoms with Crippen molar-refractivity contribution in [1.82, 2.24) is 4.72 Å². The SMILES string of the molecule is CS(=O)(=O)NC(=O)c1ccc(NC(=O)C2(N)CCC2)cc1.Cl. The summed E-state index contributed by atoms with van der Waals surface area (Å²) in [6, 6.07) is 5.91. The lowest BCUT2D eigenvalue weighted by Crippen LogP contribution is -2.56. The third-order valence-corrected chi connectivity index (χ3v) is 3.94. The smallest absolute Gasteiger partial charge is 0.264 e. The third-order valence-electron chi connectivity index (χ3n) is 3.38. The summed E-state index contributed by atoms with van der Waals surface area (Å²) in [4.78, 5) is 23.5. The second kappa shape index (κ2) is 6.64. The summed E-state index contributed by atoms with van der Waals surface area (Å²) in [5.74, 6) is -0.966. The van der Waals surface area contributed by atoms with E-state index in [0.717, 1.165) is 12.7 Å². The van der Waals surface area contributed by atoms with Crippen LogP contribution in [0.5, 0.6) is 0 Å². The third kappa shape index (κ3) is 4.43. The van der Waals surface area contributed by atoms with E-state index in [1.54, 1.807) is 0 Å². The lowest BCUT2D eigenvalue weighted by molar-refractivity contribution is -0.123. The van der Waals surface area contributed by atoms with Gasteiger partial charge < -0.3 is 11.1 Å². The fourth-order valence-corrected chi connectivity index (χ4v) is 2.43. The Morgan fingerprint density at radius 2 is 1.73 bits per heavy atom. The standard InChI is InChI=1S/C13H17N3O4S.ClH/c1-21(19,20)16-11(17)9-3-5-10(6-4-9)15-12(18)13(14)7-2-8-13;/h3-6H,2,7-8,14H2,1H3,(H,15,18)(H,16,17);1H. The highest BCUT2D eigenvalue weighted by Gasteiger charge is 2.40. The van der Waals surface area contributed by atoms with E-state index in [9.17, 15) is 18.0 Å². The van der Waals surface area contributed by atoms with Gasteiger partial charge in [0.25, 0.3) is 5.91 Å². The molecule has 0 aliphatic heterocycles. The van der Waals surface area contributed by atoms with E-state index in [1.807, 2.05) is 4.72 Å². The zero-order valence-electron chi connectivity index (χ0n) is 12.0. The molecule has 0 atom stereocenters. The summed E-state index contributed by atoms with van der Waals surface area (Å²) in [6.07, 6.45) is 3.16. The van der Waals surface area contributed by atoms with E-state index in [2.05, 4.69) is 5.32 Å². The quantitative estimate of drug-likeness (QED) is 0.737. The summed E-state index contributed by atoms with van der Waals surface area (Å²) in [7, 11) is -3.60. The van der Waals surface area contributed by atoms with Gasteiger partial charge in [-0.05, 0) is 43.5 Å². The minimum atomic E-state index is -3.60. The number of rotatable bonds is 4. The number of nitrogens with one attached hydrogen (secondary N) is 2. The van der Waals surface area contributed by atoms with Crippen molar-refractivity contribution in [3.05, 3.63) is 29.8 Å². The Kier molecular flexibility index (Phi) is 5.55. The first kappa shape index (κ1) is 18.4. The second-order valence-corrected chi connectivity index (χ2v) is 6.99. The van der Waals surface area contributed by atoms with Crippen LogP contribution in [0.15, 0.2) is 24.3 Å². The van der Waals surface area contributed by atoms with Gasteiger partial charge in [0.15, 0.2) is 0 Å². The largest absolute Gasteiger partial charge is 0.324 e. The Morgan fingerprint density at radius 3 is 2.14 bits per heavy atom. The lowest BCUT2D eigenvalue weighted by Gasteiger charge is -2.36. The van der Waals surface area contributed by atoms with Gasteiger partial charge in [-0.1, -0.05) is 0 Å². The Balaban J connectivity index is 0.00000242. The Hall–Kier alpha value is -1.64. The molecular weight excluding hydrogens is 330 g/mol. The molecule has 22 heavy (non-hydrogen) atoms. The number of hydrogen-bond donors (Lipinski definition) is 3. The van der Waals surface area contributed by atoms with E-state index in [-0.39, 0.29) is 23.9 Å². The molecule has 122 valence electrons.